The van der Waals surface area contributed by atoms with Crippen LogP contribution in [0.4, 0.5) is 11.4 Å². The number of aromatic nitrogens is 10. The van der Waals surface area contributed by atoms with Crippen molar-refractivity contribution in [3.05, 3.63) is 322 Å². The monoisotopic (exact) mass is 1450 g/mol. The van der Waals surface area contributed by atoms with Crippen LogP contribution in [0.2, 0.25) is 0 Å². The number of hydrogen-bond acceptors (Lipinski definition) is 12. The number of aliphatic imine (C=N–C) groups is 2. The molecule has 0 N–H and O–H groups in total. The molecule has 0 fully saturated rings. The zero-order chi connectivity index (χ0) is 72.7. The molecule has 8 aliphatic rings. The molecule has 10 aromatic carbocycles. The quantitative estimate of drug-likeness (QED) is 0.164. The fourth-order valence-corrected chi connectivity index (χ4v) is 20.3. The van der Waals surface area contributed by atoms with E-state index in [1.807, 2.05) is 49.1 Å². The maximum atomic E-state index is 7.05. The minimum absolute atomic E-state index is 0.0550. The van der Waals surface area contributed by atoms with Gasteiger partial charge in [-0.1, -0.05) is 176 Å². The third-order valence-corrected chi connectivity index (χ3v) is 25.0. The molecule has 0 radical (unpaired) electrons. The van der Waals surface area contributed by atoms with Gasteiger partial charge in [0, 0.05) is 57.5 Å². The summed E-state index contributed by atoms with van der Waals surface area (Å²) in [6.45, 7) is 0. The SMILES string of the molecule is C1=CC2N=C3Oc4c(-c5ccc6c(c5)-c5cccnc5-c5ncccc5-c5ccccc5-6)cc(-n5c6ccccc6n6c7ccc(C8=CC9N=C%10Sc%11c(-c%12ccc%13c(c%12)-c%12cccnc%12-c%12ncccc%12-c%12ccccc%12-%13)cc(-n%12c%13ccccc%13n%13c%14ccccc%14nc%12%13)cc%11N%10C9C=C8)cc7nc56)cc4N3C2C=C1. The van der Waals surface area contributed by atoms with E-state index in [0.717, 1.165) is 217 Å². The highest BCUT2D eigenvalue weighted by Gasteiger charge is 2.46. The summed E-state index contributed by atoms with van der Waals surface area (Å²) in [6, 6.07) is 89.9. The van der Waals surface area contributed by atoms with Crippen LogP contribution in [-0.2, 0) is 0 Å². The van der Waals surface area contributed by atoms with E-state index in [1.54, 1.807) is 11.8 Å². The number of fused-ring (bicyclic) bond motifs is 36. The first-order valence-electron chi connectivity index (χ1n) is 37.8. The van der Waals surface area contributed by atoms with E-state index in [0.29, 0.717) is 6.02 Å². The highest BCUT2D eigenvalue weighted by Crippen LogP contribution is 2.57. The van der Waals surface area contributed by atoms with Crippen molar-refractivity contribution in [3.63, 3.8) is 0 Å². The molecule has 15 nitrogen and oxygen atoms in total. The number of benzene rings is 10. The third kappa shape index (κ3) is 8.33. The first-order valence-corrected chi connectivity index (χ1v) is 38.7. The van der Waals surface area contributed by atoms with E-state index < -0.39 is 0 Å². The molecule has 16 heteroatoms. The van der Waals surface area contributed by atoms with Crippen molar-refractivity contribution < 1.29 is 4.74 Å². The lowest BCUT2D eigenvalue weighted by atomic mass is 9.83. The number of amidine groups is 2. The summed E-state index contributed by atoms with van der Waals surface area (Å²) in [6.07, 6.45) is 23.1. The molecule has 4 aliphatic heterocycles. The smallest absolute Gasteiger partial charge is 0.299 e. The zero-order valence-electron chi connectivity index (χ0n) is 59.4. The van der Waals surface area contributed by atoms with Gasteiger partial charge in [-0.05, 0) is 199 Å². The lowest BCUT2D eigenvalue weighted by Gasteiger charge is -2.27. The maximum Gasteiger partial charge on any atom is 0.299 e. The number of para-hydroxylation sites is 6. The summed E-state index contributed by atoms with van der Waals surface area (Å²) in [5.41, 5.74) is 34.8. The summed E-state index contributed by atoms with van der Waals surface area (Å²) in [4.78, 5) is 48.1. The van der Waals surface area contributed by atoms with Crippen molar-refractivity contribution in [1.82, 2.24) is 47.8 Å². The van der Waals surface area contributed by atoms with Crippen LogP contribution in [0.15, 0.2) is 331 Å². The molecule has 4 aliphatic carbocycles. The molecule has 12 heterocycles. The molecular weight excluding hydrogens is 1400 g/mol. The molecule has 0 saturated carbocycles. The van der Waals surface area contributed by atoms with Gasteiger partial charge in [0.25, 0.3) is 6.02 Å². The molecule has 0 bridgehead atoms. The number of thioether (sulfide) groups is 1. The number of nitrogens with zero attached hydrogens (tertiary/aromatic N) is 14. The largest absolute Gasteiger partial charge is 0.423 e. The number of pyridine rings is 4. The minimum Gasteiger partial charge on any atom is -0.423 e. The molecular formula is C96H56N14OS. The Bertz CT molecular complexity index is 7540. The molecule has 18 aromatic rings. The number of anilines is 2. The molecule has 0 saturated heterocycles. The van der Waals surface area contributed by atoms with Gasteiger partial charge in [-0.15, -0.1) is 0 Å². The van der Waals surface area contributed by atoms with Gasteiger partial charge in [0.1, 0.15) is 0 Å². The highest BCUT2D eigenvalue weighted by molar-refractivity contribution is 8.15. The van der Waals surface area contributed by atoms with E-state index >= 15 is 0 Å². The van der Waals surface area contributed by atoms with Crippen LogP contribution < -0.4 is 14.5 Å². The zero-order valence-corrected chi connectivity index (χ0v) is 60.2. The van der Waals surface area contributed by atoms with Gasteiger partial charge in [0.15, 0.2) is 10.9 Å². The summed E-state index contributed by atoms with van der Waals surface area (Å²) < 4.78 is 16.3. The summed E-state index contributed by atoms with van der Waals surface area (Å²) >= 11 is 1.76. The molecule has 26 rings (SSSR count). The van der Waals surface area contributed by atoms with Gasteiger partial charge in [0.2, 0.25) is 11.6 Å². The van der Waals surface area contributed by atoms with Crippen molar-refractivity contribution in [2.45, 2.75) is 29.1 Å². The second-order valence-electron chi connectivity index (χ2n) is 29.7. The molecule has 0 amide bonds. The molecule has 0 spiro atoms. The third-order valence-electron chi connectivity index (χ3n) is 23.9. The predicted octanol–water partition coefficient (Wildman–Crippen LogP) is 21.2. The summed E-state index contributed by atoms with van der Waals surface area (Å²) in [7, 11) is 0. The van der Waals surface area contributed by atoms with Gasteiger partial charge in [0.05, 0.1) is 114 Å². The Morgan fingerprint density at radius 1 is 0.339 bits per heavy atom. The topological polar surface area (TPSA) is 136 Å². The first kappa shape index (κ1) is 60.4. The fraction of sp³-hybridized carbons (Fsp3) is 0.0417. The van der Waals surface area contributed by atoms with Crippen molar-refractivity contribution in [2.24, 2.45) is 9.98 Å². The van der Waals surface area contributed by atoms with Gasteiger partial charge in [-0.2, -0.15) is 0 Å². The van der Waals surface area contributed by atoms with E-state index in [1.165, 1.54) is 0 Å². The first-order chi connectivity index (χ1) is 55.5. The average molecular weight is 1450 g/mol. The van der Waals surface area contributed by atoms with Gasteiger partial charge < -0.3 is 9.64 Å². The molecule has 4 unspecified atom stereocenters. The van der Waals surface area contributed by atoms with E-state index in [4.69, 9.17) is 44.6 Å². The minimum atomic E-state index is -0.170. The van der Waals surface area contributed by atoms with Gasteiger partial charge in [-0.25, -0.2) is 15.0 Å². The lowest BCUT2D eigenvalue weighted by Crippen LogP contribution is -2.37. The average Bonchev–Trinajstić information content (AvgIpc) is 1.47. The Morgan fingerprint density at radius 3 is 1.45 bits per heavy atom. The van der Waals surface area contributed by atoms with Crippen molar-refractivity contribution in [2.75, 3.05) is 9.80 Å². The Morgan fingerprint density at radius 2 is 0.821 bits per heavy atom. The number of allylic oxidation sites excluding steroid dienone is 4. The number of hydrogen-bond donors (Lipinski definition) is 0. The van der Waals surface area contributed by atoms with Crippen molar-refractivity contribution in [1.29, 1.82) is 0 Å². The van der Waals surface area contributed by atoms with Gasteiger partial charge >= 0.3 is 0 Å². The van der Waals surface area contributed by atoms with Crippen LogP contribution >= 0.6 is 11.8 Å². The number of imidazole rings is 4. The Balaban J connectivity index is 0.603. The maximum absolute atomic E-state index is 7.05. The van der Waals surface area contributed by atoms with E-state index in [-0.39, 0.29) is 24.2 Å². The van der Waals surface area contributed by atoms with E-state index in [9.17, 15) is 0 Å². The van der Waals surface area contributed by atoms with E-state index in [2.05, 4.69) is 295 Å². The van der Waals surface area contributed by atoms with Crippen LogP contribution in [-0.4, -0.2) is 83.2 Å². The Kier molecular flexibility index (Phi) is 12.1. The second-order valence-corrected chi connectivity index (χ2v) is 30.7. The molecule has 8 aromatic heterocycles. The van der Waals surface area contributed by atoms with Crippen molar-refractivity contribution >= 4 is 95.6 Å². The predicted molar refractivity (Wildman–Crippen MR) is 449 cm³/mol. The van der Waals surface area contributed by atoms with Crippen LogP contribution in [0, 0.1) is 0 Å². The summed E-state index contributed by atoms with van der Waals surface area (Å²) in [5.74, 6) is 2.40. The second kappa shape index (κ2) is 22.5. The number of rotatable bonds is 5. The van der Waals surface area contributed by atoms with Crippen molar-refractivity contribution in [3.8, 4) is 129 Å². The van der Waals surface area contributed by atoms with Gasteiger partial charge in [-0.3, -0.25) is 47.8 Å². The molecule has 522 valence electrons. The van der Waals surface area contributed by atoms with Crippen LogP contribution in [0.3, 0.4) is 0 Å². The standard InChI is InChI=1S/C96H56N14OS/c1-3-19-61-59(17-1)63-37-33-55(45-71(63)67-23-15-43-99-89(67)87-65(61)21-13-41-97-87)69-49-57(51-85-91(69)111-95-103-74-26-6-8-28-78(74)109(85)95)105-82-30-10-12-32-84(82)108-79-39-35-53(47-75(79)102-94(105)108)54-36-40-80-76(48-54)104-96-110(80)86-52-58(106-81-29-9-11-31-83(81)107-77-27-7-5-25-73(77)101-93(106)107)50-70(92(86)112-96)56-34-38-64-60-18-2-4-20-62(60)66-22-14-42-98-88(66)90-68(72(64)46-56)24-16-44-100-90/h1-52,74,76,78,80H. The Hall–Kier alpha value is -14.6. The molecule has 4 atom stereocenters. The lowest BCUT2D eigenvalue weighted by molar-refractivity contribution is 0.568. The van der Waals surface area contributed by atoms with Crippen LogP contribution in [0.1, 0.15) is 5.56 Å². The molecule has 112 heavy (non-hydrogen) atoms. The summed E-state index contributed by atoms with van der Waals surface area (Å²) in [5, 5.41) is 0.965. The Labute approximate surface area is 643 Å². The number of ether oxygens (including phenoxy) is 1. The fourth-order valence-electron chi connectivity index (χ4n) is 19.0. The van der Waals surface area contributed by atoms with Crippen LogP contribution in [0.5, 0.6) is 5.75 Å². The van der Waals surface area contributed by atoms with Crippen LogP contribution in [0.25, 0.3) is 184 Å². The highest BCUT2D eigenvalue weighted by atomic mass is 32.2. The normalized spacial score (nSPS) is 17.3.